The highest BCUT2D eigenvalue weighted by Gasteiger charge is 2.25. The van der Waals surface area contributed by atoms with Crippen LogP contribution < -0.4 is 15.0 Å². The summed E-state index contributed by atoms with van der Waals surface area (Å²) in [4.78, 5) is 36.1. The summed E-state index contributed by atoms with van der Waals surface area (Å²) in [7, 11) is 0. The van der Waals surface area contributed by atoms with Crippen LogP contribution in [0, 0.1) is 0 Å². The molecule has 42 heavy (non-hydrogen) atoms. The predicted molar refractivity (Wildman–Crippen MR) is 166 cm³/mol. The van der Waals surface area contributed by atoms with Crippen molar-refractivity contribution in [2.24, 2.45) is 0 Å². The SMILES string of the molecule is O=C(O)c1nc(-c2ccc3c(c2)N(C(=O)Nc2nc4ccccc4s2)CCC3)ccc1OCCCc1ccc(Cl)cc1. The average Bonchev–Trinajstić information content (AvgIpc) is 3.42. The van der Waals surface area contributed by atoms with Gasteiger partial charge in [0.15, 0.2) is 16.6 Å². The normalized spacial score (nSPS) is 12.6. The number of carboxylic acids is 1. The predicted octanol–water partition coefficient (Wildman–Crippen LogP) is 7.71. The van der Waals surface area contributed by atoms with Gasteiger partial charge in [0.05, 0.1) is 22.5 Å². The van der Waals surface area contributed by atoms with Crippen molar-refractivity contribution >= 4 is 56.0 Å². The summed E-state index contributed by atoms with van der Waals surface area (Å²) in [5.74, 6) is -0.948. The number of pyridine rings is 1. The largest absolute Gasteiger partial charge is 0.491 e. The number of carbonyl (C=O) groups is 2. The van der Waals surface area contributed by atoms with Crippen molar-refractivity contribution in [3.8, 4) is 17.0 Å². The van der Waals surface area contributed by atoms with Gasteiger partial charge in [-0.3, -0.25) is 10.2 Å². The molecule has 0 spiro atoms. The summed E-state index contributed by atoms with van der Waals surface area (Å²) in [6.45, 7) is 0.908. The quantitative estimate of drug-likeness (QED) is 0.177. The second kappa shape index (κ2) is 12.2. The van der Waals surface area contributed by atoms with E-state index < -0.39 is 5.97 Å². The molecular weight excluding hydrogens is 572 g/mol. The summed E-state index contributed by atoms with van der Waals surface area (Å²) in [5, 5.41) is 14.1. The number of urea groups is 1. The van der Waals surface area contributed by atoms with Crippen molar-refractivity contribution in [3.63, 3.8) is 0 Å². The van der Waals surface area contributed by atoms with E-state index in [1.165, 1.54) is 11.3 Å². The van der Waals surface area contributed by atoms with Crippen LogP contribution in [0.15, 0.2) is 78.9 Å². The number of ether oxygens (including phenoxy) is 1. The van der Waals surface area contributed by atoms with Crippen molar-refractivity contribution in [2.75, 3.05) is 23.4 Å². The molecule has 2 amide bonds. The molecule has 212 valence electrons. The lowest BCUT2D eigenvalue weighted by Crippen LogP contribution is -2.38. The van der Waals surface area contributed by atoms with Crippen LogP contribution in [0.1, 0.15) is 34.5 Å². The van der Waals surface area contributed by atoms with Gasteiger partial charge in [0, 0.05) is 22.8 Å². The minimum atomic E-state index is -1.17. The van der Waals surface area contributed by atoms with E-state index in [-0.39, 0.29) is 17.5 Å². The lowest BCUT2D eigenvalue weighted by molar-refractivity contribution is 0.0685. The summed E-state index contributed by atoms with van der Waals surface area (Å²) in [6, 6.07) is 24.3. The number of para-hydroxylation sites is 1. The van der Waals surface area contributed by atoms with Gasteiger partial charge in [0.2, 0.25) is 0 Å². The smallest absolute Gasteiger partial charge is 0.358 e. The molecule has 0 saturated heterocycles. The molecule has 2 N–H and O–H groups in total. The average molecular weight is 599 g/mol. The number of benzene rings is 3. The topological polar surface area (TPSA) is 105 Å². The molecule has 0 unspecified atom stereocenters. The van der Waals surface area contributed by atoms with E-state index in [2.05, 4.69) is 15.3 Å². The molecule has 1 aliphatic heterocycles. The first-order valence-electron chi connectivity index (χ1n) is 13.6. The first-order chi connectivity index (χ1) is 20.4. The minimum absolute atomic E-state index is 0.151. The van der Waals surface area contributed by atoms with Crippen LogP contribution in [0.3, 0.4) is 0 Å². The number of carboxylic acid groups (broad SMARTS) is 1. The van der Waals surface area contributed by atoms with Crippen LogP contribution in [0.5, 0.6) is 5.75 Å². The van der Waals surface area contributed by atoms with Crippen molar-refractivity contribution in [2.45, 2.75) is 25.7 Å². The van der Waals surface area contributed by atoms with Gasteiger partial charge < -0.3 is 9.84 Å². The van der Waals surface area contributed by atoms with Crippen LogP contribution in [0.2, 0.25) is 5.02 Å². The Kier molecular flexibility index (Phi) is 8.03. The second-order valence-electron chi connectivity index (χ2n) is 9.94. The Labute approximate surface area is 251 Å². The molecule has 5 aromatic rings. The van der Waals surface area contributed by atoms with Gasteiger partial charge in [-0.05, 0) is 79.3 Å². The number of hydrogen-bond acceptors (Lipinski definition) is 6. The number of aromatic carboxylic acids is 1. The first kappa shape index (κ1) is 27.7. The van der Waals surface area contributed by atoms with E-state index in [4.69, 9.17) is 16.3 Å². The van der Waals surface area contributed by atoms with E-state index in [1.807, 2.05) is 66.7 Å². The molecule has 3 heterocycles. The Bertz CT molecular complexity index is 1740. The molecule has 0 saturated carbocycles. The molecule has 6 rings (SSSR count). The molecule has 0 aliphatic carbocycles. The van der Waals surface area contributed by atoms with E-state index in [1.54, 1.807) is 17.0 Å². The van der Waals surface area contributed by atoms with E-state index in [9.17, 15) is 14.7 Å². The molecule has 0 bridgehead atoms. The number of anilines is 2. The third kappa shape index (κ3) is 6.07. The molecule has 0 fully saturated rings. The molecule has 0 atom stereocenters. The number of amides is 2. The van der Waals surface area contributed by atoms with E-state index >= 15 is 0 Å². The van der Waals surface area contributed by atoms with Gasteiger partial charge in [-0.2, -0.15) is 0 Å². The van der Waals surface area contributed by atoms with E-state index in [0.717, 1.165) is 46.3 Å². The maximum atomic E-state index is 13.3. The Hall–Kier alpha value is -4.47. The summed E-state index contributed by atoms with van der Waals surface area (Å²) in [5.41, 5.74) is 4.84. The lowest BCUT2D eigenvalue weighted by Gasteiger charge is -2.29. The summed E-state index contributed by atoms with van der Waals surface area (Å²) < 4.78 is 6.82. The van der Waals surface area contributed by atoms with Crippen molar-refractivity contribution < 1.29 is 19.4 Å². The molecule has 2 aromatic heterocycles. The molecule has 10 heteroatoms. The lowest BCUT2D eigenvalue weighted by atomic mass is 9.98. The molecule has 0 radical (unpaired) electrons. The highest BCUT2D eigenvalue weighted by Crippen LogP contribution is 2.34. The van der Waals surface area contributed by atoms with Gasteiger partial charge in [-0.15, -0.1) is 0 Å². The van der Waals surface area contributed by atoms with Crippen LogP contribution >= 0.6 is 22.9 Å². The Balaban J connectivity index is 1.18. The zero-order valence-corrected chi connectivity index (χ0v) is 24.1. The number of nitrogens with zero attached hydrogens (tertiary/aromatic N) is 3. The van der Waals surface area contributed by atoms with Gasteiger partial charge >= 0.3 is 12.0 Å². The molecule has 1 aliphatic rings. The highest BCUT2D eigenvalue weighted by atomic mass is 35.5. The number of carbonyl (C=O) groups excluding carboxylic acids is 1. The molecule has 3 aromatic carbocycles. The summed E-state index contributed by atoms with van der Waals surface area (Å²) >= 11 is 7.38. The number of thiazole rings is 1. The number of halogens is 1. The number of rotatable bonds is 8. The third-order valence-electron chi connectivity index (χ3n) is 7.09. The van der Waals surface area contributed by atoms with Gasteiger partial charge in [-0.25, -0.2) is 19.6 Å². The fraction of sp³-hybridized carbons (Fsp3) is 0.188. The fourth-order valence-corrected chi connectivity index (χ4v) is 6.00. The zero-order chi connectivity index (χ0) is 29.1. The number of aryl methyl sites for hydroxylation is 2. The molecular formula is C32H27ClN4O4S. The number of aromatic nitrogens is 2. The third-order valence-corrected chi connectivity index (χ3v) is 8.30. The van der Waals surface area contributed by atoms with Crippen molar-refractivity contribution in [3.05, 3.63) is 101 Å². The van der Waals surface area contributed by atoms with Crippen LogP contribution in [-0.2, 0) is 12.8 Å². The van der Waals surface area contributed by atoms with Crippen LogP contribution in [-0.4, -0.2) is 40.2 Å². The maximum Gasteiger partial charge on any atom is 0.358 e. The number of hydrogen-bond donors (Lipinski definition) is 2. The maximum absolute atomic E-state index is 13.3. The van der Waals surface area contributed by atoms with Crippen LogP contribution in [0.25, 0.3) is 21.5 Å². The van der Waals surface area contributed by atoms with Gasteiger partial charge in [-0.1, -0.05) is 59.3 Å². The number of nitrogens with one attached hydrogen (secondary N) is 1. The van der Waals surface area contributed by atoms with Gasteiger partial charge in [0.25, 0.3) is 0 Å². The van der Waals surface area contributed by atoms with Crippen LogP contribution in [0.4, 0.5) is 15.6 Å². The monoisotopic (exact) mass is 598 g/mol. The Morgan fingerprint density at radius 1 is 1.02 bits per heavy atom. The summed E-state index contributed by atoms with van der Waals surface area (Å²) in [6.07, 6.45) is 3.17. The minimum Gasteiger partial charge on any atom is -0.491 e. The molecule has 8 nitrogen and oxygen atoms in total. The van der Waals surface area contributed by atoms with Crippen molar-refractivity contribution in [1.29, 1.82) is 0 Å². The highest BCUT2D eigenvalue weighted by molar-refractivity contribution is 7.22. The van der Waals surface area contributed by atoms with Gasteiger partial charge in [0.1, 0.15) is 0 Å². The Morgan fingerprint density at radius 3 is 2.67 bits per heavy atom. The number of fused-ring (bicyclic) bond motifs is 2. The second-order valence-corrected chi connectivity index (χ2v) is 11.4. The standard InChI is InChI=1S/C32H27ClN4O4S/c33-23-13-9-20(10-14-23)5-4-18-41-27-16-15-24(34-29(27)30(38)39)22-12-11-21-6-3-17-37(26(21)19-22)32(40)36-31-35-25-7-1-2-8-28(25)42-31/h1-2,7-16,19H,3-6,17-18H2,(H,38,39)(H,35,36,40). The van der Waals surface area contributed by atoms with E-state index in [0.29, 0.717) is 41.0 Å². The first-order valence-corrected chi connectivity index (χ1v) is 14.8. The fourth-order valence-electron chi connectivity index (χ4n) is 5.02. The zero-order valence-electron chi connectivity index (χ0n) is 22.5. The van der Waals surface area contributed by atoms with Crippen molar-refractivity contribution in [1.82, 2.24) is 9.97 Å². The Morgan fingerprint density at radius 2 is 1.86 bits per heavy atom.